The highest BCUT2D eigenvalue weighted by Gasteiger charge is 2.36. The molecule has 0 bridgehead atoms. The smallest absolute Gasteiger partial charge is 0.249 e. The van der Waals surface area contributed by atoms with Crippen LogP contribution in [0, 0.1) is 0 Å². The van der Waals surface area contributed by atoms with Crippen LogP contribution < -0.4 is 0 Å². The van der Waals surface area contributed by atoms with Gasteiger partial charge in [-0.05, 0) is 30.2 Å². The summed E-state index contributed by atoms with van der Waals surface area (Å²) in [5.74, 6) is 0.882. The molecule has 1 amide bonds. The molecule has 0 spiro atoms. The van der Waals surface area contributed by atoms with E-state index in [4.69, 9.17) is 27.7 Å². The molecule has 1 atom stereocenters. The van der Waals surface area contributed by atoms with Crippen molar-refractivity contribution < 1.29 is 9.32 Å². The van der Waals surface area contributed by atoms with E-state index in [1.807, 2.05) is 42.5 Å². The maximum atomic E-state index is 12.4. The lowest BCUT2D eigenvalue weighted by molar-refractivity contribution is -0.129. The van der Waals surface area contributed by atoms with Gasteiger partial charge in [-0.25, -0.2) is 0 Å². The zero-order chi connectivity index (χ0) is 18.1. The van der Waals surface area contributed by atoms with Crippen LogP contribution in [0.25, 0.3) is 11.4 Å². The highest BCUT2D eigenvalue weighted by molar-refractivity contribution is 6.33. The van der Waals surface area contributed by atoms with Crippen molar-refractivity contribution in [1.82, 2.24) is 15.0 Å². The van der Waals surface area contributed by atoms with Crippen LogP contribution in [0.2, 0.25) is 10.0 Å². The molecule has 2 heterocycles. The lowest BCUT2D eigenvalue weighted by atomic mass is 10.1. The molecule has 5 nitrogen and oxygen atoms in total. The van der Waals surface area contributed by atoms with E-state index in [0.29, 0.717) is 46.7 Å². The lowest BCUT2D eigenvalue weighted by Gasteiger charge is -2.22. The first kappa shape index (κ1) is 17.1. The predicted molar refractivity (Wildman–Crippen MR) is 98.7 cm³/mol. The normalized spacial score (nSPS) is 17.1. The predicted octanol–water partition coefficient (Wildman–Crippen LogP) is 4.91. The van der Waals surface area contributed by atoms with E-state index < -0.39 is 0 Å². The van der Waals surface area contributed by atoms with E-state index >= 15 is 0 Å². The standard InChI is InChI=1S/C19H15Cl2N3O2/c20-14-7-3-1-5-12(14)11-24-16(9-10-17(24)25)19-22-18(23-26-19)13-6-2-4-8-15(13)21/h1-8,16H,9-11H2. The van der Waals surface area contributed by atoms with E-state index in [0.717, 1.165) is 5.56 Å². The second-order valence-corrected chi connectivity index (χ2v) is 6.92. The first-order chi connectivity index (χ1) is 12.6. The highest BCUT2D eigenvalue weighted by Crippen LogP contribution is 2.35. The molecule has 0 aliphatic carbocycles. The number of nitrogens with zero attached hydrogens (tertiary/aromatic N) is 3. The van der Waals surface area contributed by atoms with Crippen molar-refractivity contribution >= 4 is 29.1 Å². The monoisotopic (exact) mass is 387 g/mol. The minimum atomic E-state index is -0.262. The van der Waals surface area contributed by atoms with E-state index in [-0.39, 0.29) is 11.9 Å². The van der Waals surface area contributed by atoms with Crippen LogP contribution in [0.4, 0.5) is 0 Å². The third-order valence-corrected chi connectivity index (χ3v) is 5.17. The molecule has 4 rings (SSSR count). The van der Waals surface area contributed by atoms with E-state index in [9.17, 15) is 4.79 Å². The maximum Gasteiger partial charge on any atom is 0.249 e. The Morgan fingerprint density at radius 2 is 1.81 bits per heavy atom. The van der Waals surface area contributed by atoms with E-state index in [1.54, 1.807) is 11.0 Å². The molecule has 0 radical (unpaired) electrons. The summed E-state index contributed by atoms with van der Waals surface area (Å²) in [5.41, 5.74) is 1.59. The van der Waals surface area contributed by atoms with Crippen LogP contribution in [0.1, 0.15) is 30.3 Å². The minimum Gasteiger partial charge on any atom is -0.337 e. The van der Waals surface area contributed by atoms with Gasteiger partial charge in [-0.2, -0.15) is 4.98 Å². The Kier molecular flexibility index (Phi) is 4.66. The first-order valence-electron chi connectivity index (χ1n) is 8.25. The number of halogens is 2. The second kappa shape index (κ2) is 7.09. The summed E-state index contributed by atoms with van der Waals surface area (Å²) >= 11 is 12.4. The number of benzene rings is 2. The molecular weight excluding hydrogens is 373 g/mol. The summed E-state index contributed by atoms with van der Waals surface area (Å²) in [6.07, 6.45) is 1.08. The molecule has 0 saturated carbocycles. The number of carbonyl (C=O) groups excluding carboxylic acids is 1. The van der Waals surface area contributed by atoms with Gasteiger partial charge in [0.05, 0.1) is 5.02 Å². The van der Waals surface area contributed by atoms with Crippen molar-refractivity contribution in [3.63, 3.8) is 0 Å². The van der Waals surface area contributed by atoms with Gasteiger partial charge in [0.1, 0.15) is 6.04 Å². The van der Waals surface area contributed by atoms with E-state index in [1.165, 1.54) is 0 Å². The number of carbonyl (C=O) groups is 1. The molecular formula is C19H15Cl2N3O2. The molecule has 26 heavy (non-hydrogen) atoms. The molecule has 1 aliphatic heterocycles. The Balaban J connectivity index is 1.62. The zero-order valence-corrected chi connectivity index (χ0v) is 15.2. The third-order valence-electron chi connectivity index (χ3n) is 4.47. The zero-order valence-electron chi connectivity index (χ0n) is 13.7. The van der Waals surface area contributed by atoms with Crippen molar-refractivity contribution in [3.05, 3.63) is 70.0 Å². The molecule has 1 unspecified atom stereocenters. The third kappa shape index (κ3) is 3.20. The fourth-order valence-corrected chi connectivity index (χ4v) is 3.54. The molecule has 1 saturated heterocycles. The summed E-state index contributed by atoms with van der Waals surface area (Å²) in [6, 6.07) is 14.5. The number of amides is 1. The Morgan fingerprint density at radius 1 is 1.08 bits per heavy atom. The van der Waals surface area contributed by atoms with Gasteiger partial charge < -0.3 is 9.42 Å². The average Bonchev–Trinajstić information content (AvgIpc) is 3.25. The van der Waals surface area contributed by atoms with Gasteiger partial charge in [0.2, 0.25) is 17.6 Å². The summed E-state index contributed by atoms with van der Waals surface area (Å²) < 4.78 is 5.46. The topological polar surface area (TPSA) is 59.2 Å². The maximum absolute atomic E-state index is 12.4. The van der Waals surface area contributed by atoms with Crippen molar-refractivity contribution in [2.75, 3.05) is 0 Å². The van der Waals surface area contributed by atoms with Crippen molar-refractivity contribution in [3.8, 4) is 11.4 Å². The van der Waals surface area contributed by atoms with Crippen LogP contribution in [0.3, 0.4) is 0 Å². The number of hydrogen-bond acceptors (Lipinski definition) is 4. The largest absolute Gasteiger partial charge is 0.337 e. The van der Waals surface area contributed by atoms with Gasteiger partial charge >= 0.3 is 0 Å². The Morgan fingerprint density at radius 3 is 2.58 bits per heavy atom. The summed E-state index contributed by atoms with van der Waals surface area (Å²) in [4.78, 5) is 18.6. The van der Waals surface area contributed by atoms with Gasteiger partial charge in [0.25, 0.3) is 0 Å². The van der Waals surface area contributed by atoms with Crippen LogP contribution in [-0.2, 0) is 11.3 Å². The molecule has 1 fully saturated rings. The summed E-state index contributed by atoms with van der Waals surface area (Å²) in [6.45, 7) is 0.410. The molecule has 7 heteroatoms. The molecule has 1 aliphatic rings. The van der Waals surface area contributed by atoms with E-state index in [2.05, 4.69) is 10.1 Å². The number of rotatable bonds is 4. The van der Waals surface area contributed by atoms with Crippen molar-refractivity contribution in [2.45, 2.75) is 25.4 Å². The fourth-order valence-electron chi connectivity index (χ4n) is 3.12. The molecule has 0 N–H and O–H groups in total. The Bertz CT molecular complexity index is 957. The molecule has 3 aromatic rings. The van der Waals surface area contributed by atoms with Crippen LogP contribution in [0.15, 0.2) is 53.1 Å². The number of hydrogen-bond donors (Lipinski definition) is 0. The average molecular weight is 388 g/mol. The van der Waals surface area contributed by atoms with Crippen LogP contribution in [-0.4, -0.2) is 20.9 Å². The summed E-state index contributed by atoms with van der Waals surface area (Å²) in [5, 5.41) is 5.23. The number of aromatic nitrogens is 2. The van der Waals surface area contributed by atoms with Gasteiger partial charge in [0, 0.05) is 23.6 Å². The second-order valence-electron chi connectivity index (χ2n) is 6.10. The Hall–Kier alpha value is -2.37. The molecule has 2 aromatic carbocycles. The summed E-state index contributed by atoms with van der Waals surface area (Å²) in [7, 11) is 0. The van der Waals surface area contributed by atoms with Gasteiger partial charge in [-0.3, -0.25) is 4.79 Å². The van der Waals surface area contributed by atoms with Gasteiger partial charge in [-0.15, -0.1) is 0 Å². The van der Waals surface area contributed by atoms with Gasteiger partial charge in [0.15, 0.2) is 0 Å². The quantitative estimate of drug-likeness (QED) is 0.638. The van der Waals surface area contributed by atoms with Crippen molar-refractivity contribution in [1.29, 1.82) is 0 Å². The lowest BCUT2D eigenvalue weighted by Crippen LogP contribution is -2.27. The highest BCUT2D eigenvalue weighted by atomic mass is 35.5. The van der Waals surface area contributed by atoms with Crippen molar-refractivity contribution in [2.24, 2.45) is 0 Å². The number of likely N-dealkylation sites (tertiary alicyclic amines) is 1. The minimum absolute atomic E-state index is 0.0485. The van der Waals surface area contributed by atoms with Gasteiger partial charge in [-0.1, -0.05) is 58.7 Å². The van der Waals surface area contributed by atoms with Crippen LogP contribution >= 0.6 is 23.2 Å². The fraction of sp³-hybridized carbons (Fsp3) is 0.211. The Labute approximate surface area is 160 Å². The molecule has 1 aromatic heterocycles. The SMILES string of the molecule is O=C1CCC(c2nc(-c3ccccc3Cl)no2)N1Cc1ccccc1Cl. The van der Waals surface area contributed by atoms with Crippen LogP contribution in [0.5, 0.6) is 0 Å². The first-order valence-corrected chi connectivity index (χ1v) is 9.00. The molecule has 132 valence electrons.